The van der Waals surface area contributed by atoms with Crippen LogP contribution in [0.15, 0.2) is 11.2 Å². The normalized spacial score (nSPS) is 14.9. The number of hydrogen-bond donors (Lipinski definition) is 0. The Hall–Kier alpha value is -1.10. The smallest absolute Gasteiger partial charge is 0.357 e. The molecule has 1 aliphatic carbocycles. The van der Waals surface area contributed by atoms with Gasteiger partial charge in [-0.25, -0.2) is 14.8 Å². The Morgan fingerprint density at radius 3 is 2.88 bits per heavy atom. The molecule has 0 atom stereocenters. The lowest BCUT2D eigenvalue weighted by Crippen LogP contribution is -2.09. The topological polar surface area (TPSA) is 52.1 Å². The SMILES string of the molecule is CCOC(=O)c1cc(C2CC2)nc(SC)n1. The van der Waals surface area contributed by atoms with E-state index in [9.17, 15) is 4.79 Å². The monoisotopic (exact) mass is 238 g/mol. The number of esters is 1. The van der Waals surface area contributed by atoms with Crippen LogP contribution in [0.2, 0.25) is 0 Å². The molecule has 0 N–H and O–H groups in total. The van der Waals surface area contributed by atoms with Gasteiger partial charge in [-0.3, -0.25) is 0 Å². The molecule has 5 heteroatoms. The molecule has 2 rings (SSSR count). The first kappa shape index (κ1) is 11.4. The third-order valence-electron chi connectivity index (χ3n) is 2.39. The number of carbonyl (C=O) groups is 1. The average molecular weight is 238 g/mol. The number of nitrogens with zero attached hydrogens (tertiary/aromatic N) is 2. The molecule has 1 fully saturated rings. The third-order valence-corrected chi connectivity index (χ3v) is 2.94. The lowest BCUT2D eigenvalue weighted by Gasteiger charge is -2.05. The Morgan fingerprint density at radius 1 is 1.56 bits per heavy atom. The van der Waals surface area contributed by atoms with Gasteiger partial charge < -0.3 is 4.74 Å². The minimum atomic E-state index is -0.359. The number of aromatic nitrogens is 2. The highest BCUT2D eigenvalue weighted by atomic mass is 32.2. The van der Waals surface area contributed by atoms with Gasteiger partial charge in [0.15, 0.2) is 10.9 Å². The van der Waals surface area contributed by atoms with Crippen molar-refractivity contribution in [1.82, 2.24) is 9.97 Å². The van der Waals surface area contributed by atoms with Crippen LogP contribution in [0.1, 0.15) is 41.9 Å². The molecule has 1 saturated carbocycles. The molecule has 0 aliphatic heterocycles. The Labute approximate surface area is 98.8 Å². The molecule has 0 radical (unpaired) electrons. The van der Waals surface area contributed by atoms with Gasteiger partial charge in [0.25, 0.3) is 0 Å². The second kappa shape index (κ2) is 4.82. The van der Waals surface area contributed by atoms with Crippen molar-refractivity contribution in [2.24, 2.45) is 0 Å². The lowest BCUT2D eigenvalue weighted by molar-refractivity contribution is 0.0518. The molecule has 0 unspecified atom stereocenters. The van der Waals surface area contributed by atoms with Crippen molar-refractivity contribution in [3.05, 3.63) is 17.5 Å². The summed E-state index contributed by atoms with van der Waals surface area (Å²) >= 11 is 1.45. The quantitative estimate of drug-likeness (QED) is 0.457. The minimum absolute atomic E-state index is 0.359. The molecule has 1 heterocycles. The summed E-state index contributed by atoms with van der Waals surface area (Å²) < 4.78 is 4.94. The van der Waals surface area contributed by atoms with Crippen molar-refractivity contribution in [1.29, 1.82) is 0 Å². The van der Waals surface area contributed by atoms with Gasteiger partial charge in [0.05, 0.1) is 6.61 Å². The molecular weight excluding hydrogens is 224 g/mol. The van der Waals surface area contributed by atoms with Crippen molar-refractivity contribution in [3.63, 3.8) is 0 Å². The molecule has 1 aliphatic rings. The zero-order valence-corrected chi connectivity index (χ0v) is 10.2. The Kier molecular flexibility index (Phi) is 3.43. The van der Waals surface area contributed by atoms with E-state index in [2.05, 4.69) is 9.97 Å². The predicted molar refractivity (Wildman–Crippen MR) is 61.7 cm³/mol. The largest absolute Gasteiger partial charge is 0.461 e. The number of thioether (sulfide) groups is 1. The fourth-order valence-electron chi connectivity index (χ4n) is 1.43. The van der Waals surface area contributed by atoms with Crippen LogP contribution in [0, 0.1) is 0 Å². The molecule has 1 aromatic heterocycles. The van der Waals surface area contributed by atoms with Crippen molar-refractivity contribution in [2.75, 3.05) is 12.9 Å². The maximum atomic E-state index is 11.6. The summed E-state index contributed by atoms with van der Waals surface area (Å²) in [5.74, 6) is 0.157. The van der Waals surface area contributed by atoms with Gasteiger partial charge in [0.1, 0.15) is 0 Å². The molecule has 1 aromatic rings. The van der Waals surface area contributed by atoms with Gasteiger partial charge in [-0.05, 0) is 32.1 Å². The van der Waals surface area contributed by atoms with E-state index in [-0.39, 0.29) is 5.97 Å². The molecular formula is C11H14N2O2S. The van der Waals surface area contributed by atoms with Gasteiger partial charge in [-0.1, -0.05) is 11.8 Å². The molecule has 86 valence electrons. The fraction of sp³-hybridized carbons (Fsp3) is 0.545. The van der Waals surface area contributed by atoms with Crippen LogP contribution in [-0.4, -0.2) is 28.8 Å². The summed E-state index contributed by atoms with van der Waals surface area (Å²) in [5, 5.41) is 0.646. The molecule has 16 heavy (non-hydrogen) atoms. The van der Waals surface area contributed by atoms with Crippen molar-refractivity contribution < 1.29 is 9.53 Å². The van der Waals surface area contributed by atoms with E-state index in [1.807, 2.05) is 6.26 Å². The second-order valence-corrected chi connectivity index (χ2v) is 4.43. The molecule has 0 bridgehead atoms. The Morgan fingerprint density at radius 2 is 2.31 bits per heavy atom. The zero-order valence-electron chi connectivity index (χ0n) is 9.40. The van der Waals surface area contributed by atoms with E-state index in [1.165, 1.54) is 11.8 Å². The van der Waals surface area contributed by atoms with Gasteiger partial charge in [0.2, 0.25) is 0 Å². The third kappa shape index (κ3) is 2.52. The van der Waals surface area contributed by atoms with Crippen LogP contribution in [0.3, 0.4) is 0 Å². The Balaban J connectivity index is 2.28. The molecule has 4 nitrogen and oxygen atoms in total. The summed E-state index contributed by atoms with van der Waals surface area (Å²) in [5.41, 5.74) is 1.35. The summed E-state index contributed by atoms with van der Waals surface area (Å²) in [7, 11) is 0. The van der Waals surface area contributed by atoms with Crippen LogP contribution in [-0.2, 0) is 4.74 Å². The lowest BCUT2D eigenvalue weighted by atomic mass is 10.2. The first-order valence-electron chi connectivity index (χ1n) is 5.34. The number of ether oxygens (including phenoxy) is 1. The molecule has 0 amide bonds. The van der Waals surface area contributed by atoms with Crippen LogP contribution in [0.5, 0.6) is 0 Å². The highest BCUT2D eigenvalue weighted by Gasteiger charge is 2.27. The van der Waals surface area contributed by atoms with Gasteiger partial charge in [-0.15, -0.1) is 0 Å². The minimum Gasteiger partial charge on any atom is -0.461 e. The van der Waals surface area contributed by atoms with Crippen LogP contribution < -0.4 is 0 Å². The van der Waals surface area contributed by atoms with Crippen LogP contribution in [0.4, 0.5) is 0 Å². The first-order chi connectivity index (χ1) is 7.74. The highest BCUT2D eigenvalue weighted by Crippen LogP contribution is 2.39. The maximum Gasteiger partial charge on any atom is 0.357 e. The van der Waals surface area contributed by atoms with E-state index in [1.54, 1.807) is 13.0 Å². The van der Waals surface area contributed by atoms with E-state index in [4.69, 9.17) is 4.74 Å². The van der Waals surface area contributed by atoms with Crippen molar-refractivity contribution in [2.45, 2.75) is 30.8 Å². The Bertz CT molecular complexity index is 405. The van der Waals surface area contributed by atoms with Crippen LogP contribution >= 0.6 is 11.8 Å². The number of carbonyl (C=O) groups excluding carboxylic acids is 1. The van der Waals surface area contributed by atoms with Crippen LogP contribution in [0.25, 0.3) is 0 Å². The van der Waals surface area contributed by atoms with Gasteiger partial charge in [0, 0.05) is 11.6 Å². The summed E-state index contributed by atoms with van der Waals surface area (Å²) in [4.78, 5) is 20.1. The maximum absolute atomic E-state index is 11.6. The number of rotatable bonds is 4. The molecule has 0 spiro atoms. The van der Waals surface area contributed by atoms with Gasteiger partial charge >= 0.3 is 5.97 Å². The predicted octanol–water partition coefficient (Wildman–Crippen LogP) is 2.25. The average Bonchev–Trinajstić information content (AvgIpc) is 3.12. The fourth-order valence-corrected chi connectivity index (χ4v) is 1.82. The highest BCUT2D eigenvalue weighted by molar-refractivity contribution is 7.98. The van der Waals surface area contributed by atoms with E-state index in [0.717, 1.165) is 18.5 Å². The molecule has 0 saturated heterocycles. The van der Waals surface area contributed by atoms with E-state index >= 15 is 0 Å². The first-order valence-corrected chi connectivity index (χ1v) is 6.57. The van der Waals surface area contributed by atoms with Crippen molar-refractivity contribution in [3.8, 4) is 0 Å². The van der Waals surface area contributed by atoms with E-state index in [0.29, 0.717) is 23.4 Å². The second-order valence-electron chi connectivity index (χ2n) is 3.66. The number of hydrogen-bond acceptors (Lipinski definition) is 5. The van der Waals surface area contributed by atoms with Crippen molar-refractivity contribution >= 4 is 17.7 Å². The summed E-state index contributed by atoms with van der Waals surface area (Å²) in [6.07, 6.45) is 4.22. The summed E-state index contributed by atoms with van der Waals surface area (Å²) in [6.45, 7) is 2.16. The standard InChI is InChI=1S/C11H14N2O2S/c1-3-15-10(14)9-6-8(7-4-5-7)12-11(13-9)16-2/h6-7H,3-5H2,1-2H3. The van der Waals surface area contributed by atoms with E-state index < -0.39 is 0 Å². The summed E-state index contributed by atoms with van der Waals surface area (Å²) in [6, 6.07) is 1.76. The zero-order chi connectivity index (χ0) is 11.5. The van der Waals surface area contributed by atoms with Gasteiger partial charge in [-0.2, -0.15) is 0 Å². The molecule has 0 aromatic carbocycles.